The van der Waals surface area contributed by atoms with Crippen LogP contribution in [0.1, 0.15) is 33.6 Å². The molecule has 12 heavy (non-hydrogen) atoms. The van der Waals surface area contributed by atoms with Gasteiger partial charge in [-0.15, -0.1) is 0 Å². The van der Waals surface area contributed by atoms with E-state index in [4.69, 9.17) is 4.74 Å². The second-order valence-electron chi connectivity index (χ2n) is 4.88. The van der Waals surface area contributed by atoms with Gasteiger partial charge in [0.05, 0.1) is 13.2 Å². The maximum Gasteiger partial charge on any atom is 0.133 e. The fourth-order valence-corrected chi connectivity index (χ4v) is 1.39. The summed E-state index contributed by atoms with van der Waals surface area (Å²) in [6, 6.07) is 0. The Morgan fingerprint density at radius 2 is 2.00 bits per heavy atom. The molecule has 0 aromatic heterocycles. The van der Waals surface area contributed by atoms with Gasteiger partial charge in [-0.05, 0) is 5.41 Å². The van der Waals surface area contributed by atoms with Gasteiger partial charge in [0, 0.05) is 18.8 Å². The van der Waals surface area contributed by atoms with Gasteiger partial charge in [-0.25, -0.2) is 0 Å². The number of carbonyl (C=O) groups is 1. The van der Waals surface area contributed by atoms with Crippen LogP contribution < -0.4 is 0 Å². The highest BCUT2D eigenvalue weighted by molar-refractivity contribution is 5.79. The van der Waals surface area contributed by atoms with E-state index in [9.17, 15) is 4.79 Å². The van der Waals surface area contributed by atoms with Gasteiger partial charge < -0.3 is 4.74 Å². The lowest BCUT2D eigenvalue weighted by atomic mass is 9.87. The summed E-state index contributed by atoms with van der Waals surface area (Å²) in [5, 5.41) is 0. The summed E-state index contributed by atoms with van der Waals surface area (Å²) in [5.41, 5.74) is 0.141. The van der Waals surface area contributed by atoms with Crippen molar-refractivity contribution in [1.82, 2.24) is 0 Å². The molecule has 0 aromatic carbocycles. The van der Waals surface area contributed by atoms with Gasteiger partial charge >= 0.3 is 0 Å². The first-order valence-corrected chi connectivity index (χ1v) is 4.57. The Morgan fingerprint density at radius 3 is 2.33 bits per heavy atom. The third-order valence-electron chi connectivity index (χ3n) is 1.95. The van der Waals surface area contributed by atoms with Crippen LogP contribution in [0.2, 0.25) is 0 Å². The second-order valence-corrected chi connectivity index (χ2v) is 4.88. The molecule has 1 aliphatic heterocycles. The summed E-state index contributed by atoms with van der Waals surface area (Å²) >= 11 is 0. The minimum Gasteiger partial charge on any atom is -0.381 e. The molecule has 0 amide bonds. The number of ketones is 1. The van der Waals surface area contributed by atoms with E-state index >= 15 is 0 Å². The fourth-order valence-electron chi connectivity index (χ4n) is 1.39. The van der Waals surface area contributed by atoms with Crippen molar-refractivity contribution >= 4 is 5.78 Å². The number of Topliss-reactive ketones (excluding diaryl/α,β-unsaturated/α-hetero) is 1. The van der Waals surface area contributed by atoms with E-state index in [2.05, 4.69) is 20.8 Å². The molecule has 0 radical (unpaired) electrons. The van der Waals surface area contributed by atoms with Crippen LogP contribution in [-0.4, -0.2) is 19.0 Å². The highest BCUT2D eigenvalue weighted by atomic mass is 16.5. The van der Waals surface area contributed by atoms with Gasteiger partial charge in [0.25, 0.3) is 0 Å². The quantitative estimate of drug-likeness (QED) is 0.647. The van der Waals surface area contributed by atoms with Crippen molar-refractivity contribution in [3.8, 4) is 0 Å². The Hall–Kier alpha value is -0.370. The van der Waals surface area contributed by atoms with Crippen LogP contribution in [0.4, 0.5) is 0 Å². The van der Waals surface area contributed by atoms with Gasteiger partial charge in [-0.3, -0.25) is 4.79 Å². The molecule has 1 rings (SSSR count). The van der Waals surface area contributed by atoms with E-state index in [1.807, 2.05) is 0 Å². The van der Waals surface area contributed by atoms with Crippen molar-refractivity contribution in [2.45, 2.75) is 33.6 Å². The monoisotopic (exact) mass is 170 g/mol. The average Bonchev–Trinajstić information content (AvgIpc) is 1.74. The Bertz CT molecular complexity index is 163. The third kappa shape index (κ3) is 3.35. The van der Waals surface area contributed by atoms with Crippen molar-refractivity contribution in [3.05, 3.63) is 0 Å². The minimum atomic E-state index is 0.141. The summed E-state index contributed by atoms with van der Waals surface area (Å²) in [6.45, 7) is 7.87. The van der Waals surface area contributed by atoms with Crippen LogP contribution in [0, 0.1) is 11.3 Å². The molecule has 0 N–H and O–H groups in total. The first-order chi connectivity index (χ1) is 5.47. The van der Waals surface area contributed by atoms with Crippen LogP contribution in [0.25, 0.3) is 0 Å². The Morgan fingerprint density at radius 1 is 1.42 bits per heavy atom. The Balaban J connectivity index is 2.19. The molecule has 0 spiro atoms. The molecule has 0 atom stereocenters. The zero-order valence-corrected chi connectivity index (χ0v) is 8.22. The molecular formula is C10H18O2. The zero-order chi connectivity index (χ0) is 9.19. The molecular weight excluding hydrogens is 152 g/mol. The lowest BCUT2D eigenvalue weighted by Gasteiger charge is -2.26. The molecule has 2 nitrogen and oxygen atoms in total. The maximum absolute atomic E-state index is 11.4. The molecule has 1 heterocycles. The second kappa shape index (κ2) is 3.56. The SMILES string of the molecule is CC(C)(C)CC(=O)CC1COC1. The molecule has 1 fully saturated rings. The first kappa shape index (κ1) is 9.72. The number of hydrogen-bond donors (Lipinski definition) is 0. The molecule has 1 saturated heterocycles. The van der Waals surface area contributed by atoms with Gasteiger partial charge in [0.2, 0.25) is 0 Å². The van der Waals surface area contributed by atoms with Crippen LogP contribution in [0.5, 0.6) is 0 Å². The van der Waals surface area contributed by atoms with Crippen LogP contribution in [0.15, 0.2) is 0 Å². The van der Waals surface area contributed by atoms with E-state index in [1.54, 1.807) is 0 Å². The minimum absolute atomic E-state index is 0.141. The van der Waals surface area contributed by atoms with Crippen molar-refractivity contribution < 1.29 is 9.53 Å². The molecule has 1 aliphatic rings. The lowest BCUT2D eigenvalue weighted by Crippen LogP contribution is -2.30. The summed E-state index contributed by atoms with van der Waals surface area (Å²) < 4.78 is 5.01. The summed E-state index contributed by atoms with van der Waals surface area (Å²) in [7, 11) is 0. The van der Waals surface area contributed by atoms with Crippen LogP contribution in [-0.2, 0) is 9.53 Å². The predicted molar refractivity (Wildman–Crippen MR) is 48.0 cm³/mol. The smallest absolute Gasteiger partial charge is 0.133 e. The van der Waals surface area contributed by atoms with E-state index in [0.717, 1.165) is 19.6 Å². The van der Waals surface area contributed by atoms with Crippen LogP contribution in [0.3, 0.4) is 0 Å². The molecule has 0 aliphatic carbocycles. The van der Waals surface area contributed by atoms with Crippen molar-refractivity contribution in [1.29, 1.82) is 0 Å². The van der Waals surface area contributed by atoms with E-state index < -0.39 is 0 Å². The van der Waals surface area contributed by atoms with E-state index in [-0.39, 0.29) is 5.41 Å². The van der Waals surface area contributed by atoms with Crippen molar-refractivity contribution in [2.24, 2.45) is 11.3 Å². The highest BCUT2D eigenvalue weighted by Gasteiger charge is 2.24. The number of rotatable bonds is 3. The van der Waals surface area contributed by atoms with Gasteiger partial charge in [0.15, 0.2) is 0 Å². The predicted octanol–water partition coefficient (Wildman–Crippen LogP) is 2.03. The normalized spacial score (nSPS) is 18.9. The van der Waals surface area contributed by atoms with Gasteiger partial charge in [-0.2, -0.15) is 0 Å². The molecule has 0 bridgehead atoms. The standard InChI is InChI=1S/C10H18O2/c1-10(2,3)5-9(11)4-8-6-12-7-8/h8H,4-7H2,1-3H3. The summed E-state index contributed by atoms with van der Waals surface area (Å²) in [5.74, 6) is 0.899. The van der Waals surface area contributed by atoms with Gasteiger partial charge in [-0.1, -0.05) is 20.8 Å². The largest absolute Gasteiger partial charge is 0.381 e. The Kier molecular flexibility index (Phi) is 2.89. The molecule has 2 heteroatoms. The number of hydrogen-bond acceptors (Lipinski definition) is 2. The molecule has 0 aromatic rings. The maximum atomic E-state index is 11.4. The summed E-state index contributed by atoms with van der Waals surface area (Å²) in [6.07, 6.45) is 1.42. The van der Waals surface area contributed by atoms with Crippen molar-refractivity contribution in [3.63, 3.8) is 0 Å². The zero-order valence-electron chi connectivity index (χ0n) is 8.22. The molecule has 70 valence electrons. The number of carbonyl (C=O) groups excluding carboxylic acids is 1. The summed E-state index contributed by atoms with van der Waals surface area (Å²) in [4.78, 5) is 11.4. The fraction of sp³-hybridized carbons (Fsp3) is 0.900. The van der Waals surface area contributed by atoms with Gasteiger partial charge in [0.1, 0.15) is 5.78 Å². The Labute approximate surface area is 74.3 Å². The number of ether oxygens (including phenoxy) is 1. The first-order valence-electron chi connectivity index (χ1n) is 4.57. The molecule has 0 saturated carbocycles. The molecule has 0 unspecified atom stereocenters. The van der Waals surface area contributed by atoms with Crippen LogP contribution >= 0.6 is 0 Å². The van der Waals surface area contributed by atoms with Crippen molar-refractivity contribution in [2.75, 3.05) is 13.2 Å². The highest BCUT2D eigenvalue weighted by Crippen LogP contribution is 2.23. The van der Waals surface area contributed by atoms with E-state index in [1.165, 1.54) is 0 Å². The van der Waals surface area contributed by atoms with E-state index in [0.29, 0.717) is 18.1 Å². The third-order valence-corrected chi connectivity index (χ3v) is 1.95. The average molecular weight is 170 g/mol. The lowest BCUT2D eigenvalue weighted by molar-refractivity contribution is -0.126. The topological polar surface area (TPSA) is 26.3 Å².